The van der Waals surface area contributed by atoms with Gasteiger partial charge in [-0.15, -0.1) is 6.58 Å². The van der Waals surface area contributed by atoms with Crippen LogP contribution < -0.4 is 10.6 Å². The average Bonchev–Trinajstić information content (AvgIpc) is 2.30. The van der Waals surface area contributed by atoms with Crippen molar-refractivity contribution in [1.29, 1.82) is 0 Å². The van der Waals surface area contributed by atoms with E-state index in [9.17, 15) is 14.4 Å². The van der Waals surface area contributed by atoms with Crippen LogP contribution in [0.3, 0.4) is 0 Å². The molecule has 1 saturated heterocycles. The van der Waals surface area contributed by atoms with Crippen LogP contribution in [0.5, 0.6) is 0 Å². The van der Waals surface area contributed by atoms with Crippen LogP contribution >= 0.6 is 0 Å². The molecule has 1 aliphatic rings. The highest BCUT2D eigenvalue weighted by Crippen LogP contribution is 2.09. The maximum absolute atomic E-state index is 11.9. The number of aliphatic carboxylic acids is 1. The largest absolute Gasteiger partial charge is 0.481 e. The van der Waals surface area contributed by atoms with Crippen LogP contribution in [0, 0.1) is 0 Å². The molecule has 0 aromatic heterocycles. The summed E-state index contributed by atoms with van der Waals surface area (Å²) in [5, 5.41) is 13.9. The van der Waals surface area contributed by atoms with Gasteiger partial charge in [0, 0.05) is 19.1 Å². The highest BCUT2D eigenvalue weighted by molar-refractivity contribution is 5.91. The number of hydrogen-bond acceptors (Lipinski definition) is 3. The van der Waals surface area contributed by atoms with Crippen molar-refractivity contribution in [2.45, 2.75) is 25.4 Å². The van der Waals surface area contributed by atoms with Crippen LogP contribution in [0.4, 0.5) is 4.79 Å². The van der Waals surface area contributed by atoms with Gasteiger partial charge in [-0.2, -0.15) is 0 Å². The molecule has 0 aromatic carbocycles. The third kappa shape index (κ3) is 3.47. The summed E-state index contributed by atoms with van der Waals surface area (Å²) >= 11 is 0. The van der Waals surface area contributed by atoms with Crippen molar-refractivity contribution >= 4 is 17.9 Å². The zero-order valence-electron chi connectivity index (χ0n) is 10.2. The van der Waals surface area contributed by atoms with Gasteiger partial charge in [-0.3, -0.25) is 9.59 Å². The van der Waals surface area contributed by atoms with Crippen molar-refractivity contribution in [3.05, 3.63) is 12.7 Å². The van der Waals surface area contributed by atoms with Gasteiger partial charge < -0.3 is 20.6 Å². The Bertz CT molecular complexity index is 369. The number of carboxylic acids is 1. The van der Waals surface area contributed by atoms with E-state index in [4.69, 9.17) is 5.11 Å². The highest BCUT2D eigenvalue weighted by atomic mass is 16.4. The first-order chi connectivity index (χ1) is 8.45. The Morgan fingerprint density at radius 3 is 2.94 bits per heavy atom. The van der Waals surface area contributed by atoms with Gasteiger partial charge in [-0.05, 0) is 6.92 Å². The molecule has 1 heterocycles. The number of amides is 3. The summed E-state index contributed by atoms with van der Waals surface area (Å²) in [6, 6.07) is -1.66. The number of carboxylic acid groups (broad SMARTS) is 1. The first-order valence-electron chi connectivity index (χ1n) is 5.65. The maximum atomic E-state index is 11.9. The summed E-state index contributed by atoms with van der Waals surface area (Å²) in [4.78, 5) is 35.4. The summed E-state index contributed by atoms with van der Waals surface area (Å²) in [7, 11) is 0. The molecule has 3 amide bonds. The molecule has 0 aliphatic carbocycles. The van der Waals surface area contributed by atoms with E-state index in [0.29, 0.717) is 13.1 Å². The van der Waals surface area contributed by atoms with Gasteiger partial charge in [0.1, 0.15) is 6.04 Å². The number of carbonyl (C=O) groups is 3. The number of urea groups is 1. The van der Waals surface area contributed by atoms with E-state index in [-0.39, 0.29) is 6.04 Å². The number of nitrogens with zero attached hydrogens (tertiary/aromatic N) is 1. The predicted molar refractivity (Wildman–Crippen MR) is 63.9 cm³/mol. The molecule has 7 heteroatoms. The lowest BCUT2D eigenvalue weighted by Gasteiger charge is -2.34. The minimum Gasteiger partial charge on any atom is -0.481 e. The Labute approximate surface area is 105 Å². The normalized spacial score (nSPS) is 20.8. The second-order valence-corrected chi connectivity index (χ2v) is 4.07. The lowest BCUT2D eigenvalue weighted by molar-refractivity contribution is -0.142. The Morgan fingerprint density at radius 1 is 1.72 bits per heavy atom. The molecule has 0 bridgehead atoms. The van der Waals surface area contributed by atoms with Crippen molar-refractivity contribution in [3.63, 3.8) is 0 Å². The zero-order valence-corrected chi connectivity index (χ0v) is 10.2. The first-order valence-corrected chi connectivity index (χ1v) is 5.65. The van der Waals surface area contributed by atoms with Crippen LogP contribution in [0.25, 0.3) is 0 Å². The van der Waals surface area contributed by atoms with Crippen LogP contribution in [-0.4, -0.2) is 53.1 Å². The first kappa shape index (κ1) is 14.0. The Morgan fingerprint density at radius 2 is 2.39 bits per heavy atom. The second kappa shape index (κ2) is 6.04. The topological polar surface area (TPSA) is 98.7 Å². The standard InChI is InChI=1S/C11H17N3O4/c1-3-7(2)13-11(18)14-5-4-12-10(17)8(14)6-9(15)16/h3,7-8H,1,4-6H2,2H3,(H,12,17)(H,13,18)(H,15,16). The molecule has 0 aromatic rings. The van der Waals surface area contributed by atoms with Crippen LogP contribution in [0.2, 0.25) is 0 Å². The molecule has 2 unspecified atom stereocenters. The molecule has 1 rings (SSSR count). The van der Waals surface area contributed by atoms with E-state index < -0.39 is 30.4 Å². The van der Waals surface area contributed by atoms with Crippen molar-refractivity contribution in [2.75, 3.05) is 13.1 Å². The summed E-state index contributed by atoms with van der Waals surface area (Å²) in [5.74, 6) is -1.56. The molecule has 18 heavy (non-hydrogen) atoms. The van der Waals surface area contributed by atoms with E-state index in [0.717, 1.165) is 0 Å². The van der Waals surface area contributed by atoms with Gasteiger partial charge in [0.15, 0.2) is 0 Å². The van der Waals surface area contributed by atoms with E-state index in [1.54, 1.807) is 13.0 Å². The predicted octanol–water partition coefficient (Wildman–Crippen LogP) is -0.454. The molecule has 1 aliphatic heterocycles. The van der Waals surface area contributed by atoms with E-state index in [1.807, 2.05) is 0 Å². The van der Waals surface area contributed by atoms with E-state index >= 15 is 0 Å². The van der Waals surface area contributed by atoms with Crippen molar-refractivity contribution in [2.24, 2.45) is 0 Å². The van der Waals surface area contributed by atoms with Gasteiger partial charge >= 0.3 is 12.0 Å². The summed E-state index contributed by atoms with van der Waals surface area (Å²) in [5.41, 5.74) is 0. The molecule has 2 atom stereocenters. The van der Waals surface area contributed by atoms with Crippen molar-refractivity contribution in [1.82, 2.24) is 15.5 Å². The fourth-order valence-electron chi connectivity index (χ4n) is 1.66. The van der Waals surface area contributed by atoms with Gasteiger partial charge in [-0.1, -0.05) is 6.08 Å². The van der Waals surface area contributed by atoms with Gasteiger partial charge in [-0.25, -0.2) is 4.79 Å². The van der Waals surface area contributed by atoms with Crippen LogP contribution in [0.15, 0.2) is 12.7 Å². The van der Waals surface area contributed by atoms with Gasteiger partial charge in [0.25, 0.3) is 0 Å². The molecular formula is C11H17N3O4. The number of piperazine rings is 1. The minimum absolute atomic E-state index is 0.243. The lowest BCUT2D eigenvalue weighted by Crippen LogP contribution is -2.60. The summed E-state index contributed by atoms with van der Waals surface area (Å²) < 4.78 is 0. The number of nitrogens with one attached hydrogen (secondary N) is 2. The quantitative estimate of drug-likeness (QED) is 0.592. The Kier molecular flexibility index (Phi) is 4.70. The Balaban J connectivity index is 2.75. The molecule has 1 fully saturated rings. The highest BCUT2D eigenvalue weighted by Gasteiger charge is 2.34. The molecule has 3 N–H and O–H groups in total. The molecular weight excluding hydrogens is 238 g/mol. The average molecular weight is 255 g/mol. The molecule has 0 spiro atoms. The molecule has 7 nitrogen and oxygen atoms in total. The van der Waals surface area contributed by atoms with Crippen LogP contribution in [-0.2, 0) is 9.59 Å². The number of rotatable bonds is 4. The third-order valence-electron chi connectivity index (χ3n) is 2.66. The SMILES string of the molecule is C=CC(C)NC(=O)N1CCNC(=O)C1CC(=O)O. The van der Waals surface area contributed by atoms with Gasteiger partial charge in [0.05, 0.1) is 6.42 Å². The summed E-state index contributed by atoms with van der Waals surface area (Å²) in [6.45, 7) is 5.89. The van der Waals surface area contributed by atoms with E-state index in [2.05, 4.69) is 17.2 Å². The number of hydrogen-bond donors (Lipinski definition) is 3. The monoisotopic (exact) mass is 255 g/mol. The molecule has 100 valence electrons. The lowest BCUT2D eigenvalue weighted by atomic mass is 10.1. The van der Waals surface area contributed by atoms with Crippen molar-refractivity contribution in [3.8, 4) is 0 Å². The second-order valence-electron chi connectivity index (χ2n) is 4.07. The Hall–Kier alpha value is -2.05. The van der Waals surface area contributed by atoms with Gasteiger partial charge in [0.2, 0.25) is 5.91 Å². The zero-order chi connectivity index (χ0) is 13.7. The molecule has 0 radical (unpaired) electrons. The third-order valence-corrected chi connectivity index (χ3v) is 2.66. The summed E-state index contributed by atoms with van der Waals surface area (Å²) in [6.07, 6.45) is 1.15. The van der Waals surface area contributed by atoms with Crippen LogP contribution in [0.1, 0.15) is 13.3 Å². The molecule has 0 saturated carbocycles. The van der Waals surface area contributed by atoms with E-state index in [1.165, 1.54) is 4.90 Å². The number of carbonyl (C=O) groups excluding carboxylic acids is 2. The smallest absolute Gasteiger partial charge is 0.318 e. The van der Waals surface area contributed by atoms with Crippen molar-refractivity contribution < 1.29 is 19.5 Å². The fraction of sp³-hybridized carbons (Fsp3) is 0.545. The fourth-order valence-corrected chi connectivity index (χ4v) is 1.66. The minimum atomic E-state index is -1.12. The maximum Gasteiger partial charge on any atom is 0.318 e.